The van der Waals surface area contributed by atoms with Crippen molar-refractivity contribution in [2.75, 3.05) is 33.2 Å². The van der Waals surface area contributed by atoms with Crippen LogP contribution in [0.15, 0.2) is 0 Å². The molecule has 4 saturated carbocycles. The fourth-order valence-electron chi connectivity index (χ4n) is 11.0. The van der Waals surface area contributed by atoms with Gasteiger partial charge in [0.2, 0.25) is 0 Å². The van der Waals surface area contributed by atoms with Gasteiger partial charge in [-0.3, -0.25) is 0 Å². The highest BCUT2D eigenvalue weighted by Gasteiger charge is 2.61. The fraction of sp³-hybridized carbons (Fsp3) is 1.00. The number of rotatable bonds is 2. The summed E-state index contributed by atoms with van der Waals surface area (Å²) in [5.74, 6) is 4.17. The number of fused-ring (bicyclic) bond motifs is 5. The molecule has 6 fully saturated rings. The zero-order valence-electron chi connectivity index (χ0n) is 21.8. The highest BCUT2D eigenvalue weighted by atomic mass is 15.4. The van der Waals surface area contributed by atoms with Crippen LogP contribution in [-0.4, -0.2) is 54.7 Å². The summed E-state index contributed by atoms with van der Waals surface area (Å²) in [5.41, 5.74) is 1.31. The van der Waals surface area contributed by atoms with Crippen molar-refractivity contribution in [1.82, 2.24) is 4.90 Å². The molecule has 4 aliphatic carbocycles. The molecule has 0 spiro atoms. The Morgan fingerprint density at radius 1 is 0.750 bits per heavy atom. The minimum absolute atomic E-state index is 0.645. The van der Waals surface area contributed by atoms with Gasteiger partial charge in [-0.2, -0.15) is 0 Å². The second-order valence-corrected chi connectivity index (χ2v) is 14.5. The summed E-state index contributed by atoms with van der Waals surface area (Å²) in [6, 6.07) is 1.89. The molecule has 6 aliphatic rings. The lowest BCUT2D eigenvalue weighted by atomic mass is 9.45. The van der Waals surface area contributed by atoms with E-state index in [1.165, 1.54) is 75.6 Å². The van der Waals surface area contributed by atoms with Crippen LogP contribution in [-0.2, 0) is 0 Å². The van der Waals surface area contributed by atoms with Gasteiger partial charge in [0.1, 0.15) is 0 Å². The Morgan fingerprint density at radius 2 is 1.47 bits per heavy atom. The van der Waals surface area contributed by atoms with E-state index in [0.717, 1.165) is 35.8 Å². The molecule has 2 heterocycles. The largest absolute Gasteiger partial charge is 0.324 e. The van der Waals surface area contributed by atoms with Crippen molar-refractivity contribution in [1.29, 1.82) is 0 Å². The van der Waals surface area contributed by atoms with Crippen molar-refractivity contribution in [2.24, 2.45) is 34.5 Å². The Hall–Kier alpha value is -0.0800. The summed E-state index contributed by atoms with van der Waals surface area (Å²) < 4.78 is 1.43. The Morgan fingerprint density at radius 3 is 2.25 bits per heavy atom. The Labute approximate surface area is 199 Å². The lowest BCUT2D eigenvalue weighted by Gasteiger charge is -2.61. The molecule has 2 heteroatoms. The first-order valence-electron chi connectivity index (χ1n) is 15.0. The molecular weight excluding hydrogens is 388 g/mol. The highest BCUT2D eigenvalue weighted by molar-refractivity contribution is 5.09. The number of hydrogen-bond donors (Lipinski definition) is 0. The monoisotopic (exact) mass is 441 g/mol. The summed E-state index contributed by atoms with van der Waals surface area (Å²) in [6.07, 6.45) is 22.8. The van der Waals surface area contributed by atoms with Gasteiger partial charge in [-0.25, -0.2) is 0 Å². The maximum absolute atomic E-state index is 2.94. The number of likely N-dealkylation sites (tertiary alicyclic amines) is 2. The van der Waals surface area contributed by atoms with Gasteiger partial charge in [0.05, 0.1) is 26.2 Å². The molecule has 8 atom stereocenters. The normalized spacial score (nSPS) is 51.5. The molecule has 32 heavy (non-hydrogen) atoms. The second-order valence-electron chi connectivity index (χ2n) is 14.5. The Bertz CT molecular complexity index is 676. The van der Waals surface area contributed by atoms with Crippen LogP contribution in [0, 0.1) is 34.5 Å². The van der Waals surface area contributed by atoms with Crippen LogP contribution < -0.4 is 0 Å². The fourth-order valence-corrected chi connectivity index (χ4v) is 11.0. The molecule has 2 aliphatic heterocycles. The van der Waals surface area contributed by atoms with Crippen molar-refractivity contribution in [2.45, 2.75) is 122 Å². The predicted molar refractivity (Wildman–Crippen MR) is 134 cm³/mol. The Balaban J connectivity index is 1.21. The van der Waals surface area contributed by atoms with E-state index in [1.54, 1.807) is 51.4 Å². The minimum Gasteiger partial charge on any atom is -0.324 e. The number of quaternary nitrogens is 1. The molecule has 2 nitrogen and oxygen atoms in total. The summed E-state index contributed by atoms with van der Waals surface area (Å²) in [5, 5.41) is 0. The van der Waals surface area contributed by atoms with Crippen LogP contribution in [0.25, 0.3) is 0 Å². The van der Waals surface area contributed by atoms with Crippen molar-refractivity contribution in [3.8, 4) is 0 Å². The van der Waals surface area contributed by atoms with Crippen molar-refractivity contribution in [3.63, 3.8) is 0 Å². The zero-order valence-corrected chi connectivity index (χ0v) is 21.8. The van der Waals surface area contributed by atoms with Gasteiger partial charge in [0.25, 0.3) is 0 Å². The summed E-state index contributed by atoms with van der Waals surface area (Å²) in [7, 11) is 2.64. The van der Waals surface area contributed by atoms with Crippen molar-refractivity contribution >= 4 is 0 Å². The van der Waals surface area contributed by atoms with Gasteiger partial charge in [-0.1, -0.05) is 20.3 Å². The smallest absolute Gasteiger partial charge is 0.0896 e. The molecule has 0 N–H and O–H groups in total. The molecule has 0 aromatic carbocycles. The van der Waals surface area contributed by atoms with E-state index in [4.69, 9.17) is 0 Å². The van der Waals surface area contributed by atoms with E-state index < -0.39 is 0 Å². The number of nitrogens with zero attached hydrogens (tertiary/aromatic N) is 2. The maximum Gasteiger partial charge on any atom is 0.0896 e. The molecule has 0 bridgehead atoms. The van der Waals surface area contributed by atoms with Gasteiger partial charge in [0, 0.05) is 18.9 Å². The van der Waals surface area contributed by atoms with Gasteiger partial charge in [-0.05, 0) is 125 Å². The molecule has 0 aromatic heterocycles. The summed E-state index contributed by atoms with van der Waals surface area (Å²) in [4.78, 5) is 2.94. The third kappa shape index (κ3) is 3.55. The molecular formula is C30H53N2+. The predicted octanol–water partition coefficient (Wildman–Crippen LogP) is 6.88. The number of hydrogen-bond acceptors (Lipinski definition) is 1. The molecule has 0 unspecified atom stereocenters. The summed E-state index contributed by atoms with van der Waals surface area (Å²) in [6.45, 7) is 11.3. The average Bonchev–Trinajstić information content (AvgIpc) is 3.18. The van der Waals surface area contributed by atoms with Crippen LogP contribution in [0.1, 0.15) is 110 Å². The van der Waals surface area contributed by atoms with E-state index in [1.807, 2.05) is 0 Å². The Kier molecular flexibility index (Phi) is 5.77. The van der Waals surface area contributed by atoms with Crippen molar-refractivity contribution in [3.05, 3.63) is 0 Å². The molecule has 6 rings (SSSR count). The average molecular weight is 442 g/mol. The highest BCUT2D eigenvalue weighted by Crippen LogP contribution is 2.67. The van der Waals surface area contributed by atoms with Crippen molar-refractivity contribution < 1.29 is 4.48 Å². The molecule has 182 valence electrons. The van der Waals surface area contributed by atoms with Crippen LogP contribution in [0.2, 0.25) is 0 Å². The third-order valence-corrected chi connectivity index (χ3v) is 13.0. The first-order chi connectivity index (χ1) is 15.4. The molecule has 2 saturated heterocycles. The second kappa shape index (κ2) is 8.25. The van der Waals surface area contributed by atoms with E-state index in [2.05, 4.69) is 25.8 Å². The van der Waals surface area contributed by atoms with Gasteiger partial charge in [-0.15, -0.1) is 0 Å². The van der Waals surface area contributed by atoms with Crippen LogP contribution in [0.5, 0.6) is 0 Å². The summed E-state index contributed by atoms with van der Waals surface area (Å²) >= 11 is 0. The maximum atomic E-state index is 2.94. The molecule has 0 amide bonds. The van der Waals surface area contributed by atoms with E-state index >= 15 is 0 Å². The van der Waals surface area contributed by atoms with E-state index in [0.29, 0.717) is 10.8 Å². The lowest BCUT2D eigenvalue weighted by molar-refractivity contribution is -0.937. The topological polar surface area (TPSA) is 3.24 Å². The first-order valence-corrected chi connectivity index (χ1v) is 15.0. The van der Waals surface area contributed by atoms with Crippen LogP contribution >= 0.6 is 0 Å². The molecule has 0 aromatic rings. The van der Waals surface area contributed by atoms with E-state index in [9.17, 15) is 0 Å². The quantitative estimate of drug-likeness (QED) is 0.422. The lowest BCUT2D eigenvalue weighted by Crippen LogP contribution is -2.56. The van der Waals surface area contributed by atoms with Crippen LogP contribution in [0.4, 0.5) is 0 Å². The third-order valence-electron chi connectivity index (χ3n) is 13.0. The first kappa shape index (κ1) is 22.4. The van der Waals surface area contributed by atoms with Gasteiger partial charge < -0.3 is 9.38 Å². The SMILES string of the molecule is C[C@]12CC[C@H]3[C@@H](CC[C@H]4CC[C@@H](N5CCCCC5)C[C@@]43C)[C@@H]1C[C@H]([N+]1(C)CCCCC1)C2. The van der Waals surface area contributed by atoms with Gasteiger partial charge in [0.15, 0.2) is 0 Å². The molecule has 0 radical (unpaired) electrons. The van der Waals surface area contributed by atoms with E-state index in [-0.39, 0.29) is 0 Å². The standard InChI is InChI=1S/C30H53N2/c1-29-15-14-27-26(28(29)20-25(22-29)32(3)18-8-5-9-19-32)13-11-23-10-12-24(21-30(23,27)2)31-16-6-4-7-17-31/h23-28H,4-22H2,1-3H3/q+1/t23-,24-,25+,26-,27+,28+,29-,30+/m1/s1. The number of piperidine rings is 2. The zero-order chi connectivity index (χ0) is 22.0. The van der Waals surface area contributed by atoms with Crippen LogP contribution in [0.3, 0.4) is 0 Å². The van der Waals surface area contributed by atoms with Gasteiger partial charge >= 0.3 is 0 Å². The minimum atomic E-state index is 0.645.